The van der Waals surface area contributed by atoms with Crippen molar-refractivity contribution in [1.29, 1.82) is 0 Å². The molecule has 0 saturated heterocycles. The number of nitrogens with one attached hydrogen (secondary N) is 2. The summed E-state index contributed by atoms with van der Waals surface area (Å²) in [6.07, 6.45) is -1.18. The molecule has 0 spiro atoms. The Hall–Kier alpha value is -2.16. The highest BCUT2D eigenvalue weighted by atomic mass is 16.5. The Bertz CT molecular complexity index is 481. The van der Waals surface area contributed by atoms with Crippen LogP contribution in [0.4, 0.5) is 10.5 Å². The molecule has 122 valence electrons. The van der Waals surface area contributed by atoms with Crippen molar-refractivity contribution < 1.29 is 24.2 Å². The number of ether oxygens (including phenoxy) is 2. The standard InChI is InChI=1S/C14H21N3O5/c15-4-6-21-8-9-22-7-5-16-13(18)11-2-1-3-12(10-11)17-14(19)20/h1-3,10,17H,4-9,15H2,(H,16,18)(H,19,20). The molecule has 0 fully saturated rings. The van der Waals surface area contributed by atoms with E-state index < -0.39 is 6.09 Å². The molecule has 0 atom stereocenters. The van der Waals surface area contributed by atoms with Gasteiger partial charge in [0.25, 0.3) is 5.91 Å². The normalized spacial score (nSPS) is 10.2. The lowest BCUT2D eigenvalue weighted by atomic mass is 10.2. The SMILES string of the molecule is NCCOCCOCCNC(=O)c1cccc(NC(=O)O)c1. The molecule has 22 heavy (non-hydrogen) atoms. The molecule has 0 radical (unpaired) electrons. The highest BCUT2D eigenvalue weighted by Crippen LogP contribution is 2.10. The lowest BCUT2D eigenvalue weighted by molar-refractivity contribution is 0.0511. The van der Waals surface area contributed by atoms with Gasteiger partial charge in [-0.2, -0.15) is 0 Å². The number of benzene rings is 1. The van der Waals surface area contributed by atoms with Gasteiger partial charge in [0.05, 0.1) is 26.4 Å². The van der Waals surface area contributed by atoms with Crippen LogP contribution in [0.15, 0.2) is 24.3 Å². The number of carboxylic acid groups (broad SMARTS) is 1. The molecule has 1 rings (SSSR count). The number of carbonyl (C=O) groups excluding carboxylic acids is 1. The minimum absolute atomic E-state index is 0.294. The average Bonchev–Trinajstić information content (AvgIpc) is 2.49. The second-order valence-corrected chi connectivity index (χ2v) is 4.28. The van der Waals surface area contributed by atoms with E-state index in [4.69, 9.17) is 20.3 Å². The van der Waals surface area contributed by atoms with Crippen molar-refractivity contribution in [1.82, 2.24) is 5.32 Å². The smallest absolute Gasteiger partial charge is 0.409 e. The van der Waals surface area contributed by atoms with Gasteiger partial charge in [-0.3, -0.25) is 10.1 Å². The van der Waals surface area contributed by atoms with Crippen LogP contribution in [-0.2, 0) is 9.47 Å². The van der Waals surface area contributed by atoms with Crippen LogP contribution in [0.25, 0.3) is 0 Å². The molecule has 5 N–H and O–H groups in total. The van der Waals surface area contributed by atoms with Crippen LogP contribution >= 0.6 is 0 Å². The molecule has 2 amide bonds. The van der Waals surface area contributed by atoms with E-state index in [0.29, 0.717) is 50.8 Å². The molecule has 0 saturated carbocycles. The maximum Gasteiger partial charge on any atom is 0.409 e. The van der Waals surface area contributed by atoms with Gasteiger partial charge in [-0.1, -0.05) is 6.07 Å². The Balaban J connectivity index is 2.23. The molecule has 1 aromatic carbocycles. The first-order chi connectivity index (χ1) is 10.6. The first-order valence-electron chi connectivity index (χ1n) is 6.87. The first-order valence-corrected chi connectivity index (χ1v) is 6.87. The Morgan fingerprint density at radius 3 is 2.55 bits per heavy atom. The van der Waals surface area contributed by atoms with E-state index in [1.165, 1.54) is 6.07 Å². The molecule has 0 aliphatic heterocycles. The summed E-state index contributed by atoms with van der Waals surface area (Å²) in [6.45, 7) is 2.60. The van der Waals surface area contributed by atoms with Crippen LogP contribution in [-0.4, -0.2) is 56.6 Å². The molecule has 0 unspecified atom stereocenters. The average molecular weight is 311 g/mol. The van der Waals surface area contributed by atoms with Crippen molar-refractivity contribution in [3.05, 3.63) is 29.8 Å². The predicted molar refractivity (Wildman–Crippen MR) is 81.1 cm³/mol. The molecular weight excluding hydrogens is 290 g/mol. The Morgan fingerprint density at radius 1 is 1.14 bits per heavy atom. The molecule has 0 aliphatic rings. The first kappa shape index (κ1) is 17.9. The van der Waals surface area contributed by atoms with Crippen molar-refractivity contribution in [3.63, 3.8) is 0 Å². The predicted octanol–water partition coefficient (Wildman–Crippen LogP) is 0.498. The van der Waals surface area contributed by atoms with E-state index in [2.05, 4.69) is 10.6 Å². The molecule has 8 heteroatoms. The Kier molecular flexibility index (Phi) is 8.58. The summed E-state index contributed by atoms with van der Waals surface area (Å²) < 4.78 is 10.4. The van der Waals surface area contributed by atoms with E-state index in [-0.39, 0.29) is 5.91 Å². The zero-order valence-electron chi connectivity index (χ0n) is 12.2. The van der Waals surface area contributed by atoms with Crippen molar-refractivity contribution in [3.8, 4) is 0 Å². The lowest BCUT2D eigenvalue weighted by Crippen LogP contribution is -2.27. The minimum atomic E-state index is -1.18. The maximum absolute atomic E-state index is 11.9. The number of amides is 2. The zero-order valence-corrected chi connectivity index (χ0v) is 12.2. The molecule has 0 aliphatic carbocycles. The summed E-state index contributed by atoms with van der Waals surface area (Å²) in [4.78, 5) is 22.4. The highest BCUT2D eigenvalue weighted by Gasteiger charge is 2.06. The second kappa shape index (κ2) is 10.6. The summed E-state index contributed by atoms with van der Waals surface area (Å²) in [5, 5.41) is 13.5. The van der Waals surface area contributed by atoms with E-state index in [0.717, 1.165) is 0 Å². The third-order valence-electron chi connectivity index (χ3n) is 2.54. The highest BCUT2D eigenvalue weighted by molar-refractivity contribution is 5.96. The van der Waals surface area contributed by atoms with Crippen LogP contribution < -0.4 is 16.4 Å². The summed E-state index contributed by atoms with van der Waals surface area (Å²) in [5.74, 6) is -0.294. The minimum Gasteiger partial charge on any atom is -0.465 e. The molecular formula is C14H21N3O5. The van der Waals surface area contributed by atoms with Crippen molar-refractivity contribution >= 4 is 17.7 Å². The third-order valence-corrected chi connectivity index (χ3v) is 2.54. The van der Waals surface area contributed by atoms with Crippen LogP contribution in [0.1, 0.15) is 10.4 Å². The lowest BCUT2D eigenvalue weighted by Gasteiger charge is -2.08. The van der Waals surface area contributed by atoms with Crippen molar-refractivity contribution in [2.45, 2.75) is 0 Å². The number of rotatable bonds is 10. The summed E-state index contributed by atoms with van der Waals surface area (Å²) in [5.41, 5.74) is 5.98. The van der Waals surface area contributed by atoms with Crippen molar-refractivity contribution in [2.24, 2.45) is 5.73 Å². The summed E-state index contributed by atoms with van der Waals surface area (Å²) in [6, 6.07) is 6.23. The van der Waals surface area contributed by atoms with E-state index in [1.807, 2.05) is 0 Å². The quantitative estimate of drug-likeness (QED) is 0.467. The van der Waals surface area contributed by atoms with Crippen LogP contribution in [0.2, 0.25) is 0 Å². The summed E-state index contributed by atoms with van der Waals surface area (Å²) in [7, 11) is 0. The maximum atomic E-state index is 11.9. The van der Waals surface area contributed by atoms with E-state index >= 15 is 0 Å². The van der Waals surface area contributed by atoms with E-state index in [9.17, 15) is 9.59 Å². The fourth-order valence-corrected chi connectivity index (χ4v) is 1.61. The van der Waals surface area contributed by atoms with Gasteiger partial charge in [0, 0.05) is 24.3 Å². The number of hydrogen-bond donors (Lipinski definition) is 4. The molecule has 1 aromatic rings. The van der Waals surface area contributed by atoms with Gasteiger partial charge >= 0.3 is 6.09 Å². The number of nitrogens with two attached hydrogens (primary N) is 1. The van der Waals surface area contributed by atoms with Gasteiger partial charge in [-0.25, -0.2) is 4.79 Å². The Morgan fingerprint density at radius 2 is 1.86 bits per heavy atom. The zero-order chi connectivity index (χ0) is 16.2. The van der Waals surface area contributed by atoms with Gasteiger partial charge in [0.15, 0.2) is 0 Å². The van der Waals surface area contributed by atoms with Gasteiger partial charge in [0.2, 0.25) is 0 Å². The van der Waals surface area contributed by atoms with Crippen LogP contribution in [0, 0.1) is 0 Å². The van der Waals surface area contributed by atoms with Gasteiger partial charge in [0.1, 0.15) is 0 Å². The van der Waals surface area contributed by atoms with Gasteiger partial charge < -0.3 is 25.6 Å². The number of hydrogen-bond acceptors (Lipinski definition) is 5. The molecule has 8 nitrogen and oxygen atoms in total. The molecule has 0 aromatic heterocycles. The fraction of sp³-hybridized carbons (Fsp3) is 0.429. The summed E-state index contributed by atoms with van der Waals surface area (Å²) >= 11 is 0. The van der Waals surface area contributed by atoms with Crippen molar-refractivity contribution in [2.75, 3.05) is 44.8 Å². The van der Waals surface area contributed by atoms with E-state index in [1.54, 1.807) is 18.2 Å². The number of anilines is 1. The van der Waals surface area contributed by atoms with Gasteiger partial charge in [-0.15, -0.1) is 0 Å². The fourth-order valence-electron chi connectivity index (χ4n) is 1.61. The Labute approximate surface area is 128 Å². The molecule has 0 bridgehead atoms. The monoisotopic (exact) mass is 311 g/mol. The third kappa shape index (κ3) is 7.58. The topological polar surface area (TPSA) is 123 Å². The molecule has 0 heterocycles. The number of carbonyl (C=O) groups is 2. The van der Waals surface area contributed by atoms with Gasteiger partial charge in [-0.05, 0) is 18.2 Å². The van der Waals surface area contributed by atoms with Crippen LogP contribution in [0.3, 0.4) is 0 Å². The second-order valence-electron chi connectivity index (χ2n) is 4.28. The largest absolute Gasteiger partial charge is 0.465 e. The van der Waals surface area contributed by atoms with Crippen LogP contribution in [0.5, 0.6) is 0 Å².